The molecule has 0 aliphatic rings. The number of nitrogens with one attached hydrogen (secondary N) is 1. The number of carboxylic acid groups (broad SMARTS) is 1. The molecule has 0 saturated carbocycles. The van der Waals surface area contributed by atoms with E-state index in [1.807, 2.05) is 66.7 Å². The van der Waals surface area contributed by atoms with E-state index < -0.39 is 5.97 Å². The molecule has 0 atom stereocenters. The highest BCUT2D eigenvalue weighted by Crippen LogP contribution is 2.23. The Balaban J connectivity index is 1.60. The van der Waals surface area contributed by atoms with Gasteiger partial charge in [-0.05, 0) is 95.6 Å². The van der Waals surface area contributed by atoms with E-state index in [0.29, 0.717) is 18.8 Å². The molecule has 2 N–H and O–H groups in total. The minimum absolute atomic E-state index is 0.0757. The van der Waals surface area contributed by atoms with Crippen LogP contribution in [0.4, 0.5) is 5.69 Å². The number of hydrogen-bond donors (Lipinski definition) is 2. The first-order chi connectivity index (χ1) is 18.3. The molecule has 7 nitrogen and oxygen atoms in total. The van der Waals surface area contributed by atoms with Gasteiger partial charge in [-0.3, -0.25) is 14.6 Å². The van der Waals surface area contributed by atoms with Gasteiger partial charge in [0, 0.05) is 36.4 Å². The second-order valence-corrected chi connectivity index (χ2v) is 11.7. The zero-order valence-corrected chi connectivity index (χ0v) is 23.9. The van der Waals surface area contributed by atoms with E-state index >= 15 is 0 Å². The van der Waals surface area contributed by atoms with Gasteiger partial charge in [0.25, 0.3) is 0 Å². The summed E-state index contributed by atoms with van der Waals surface area (Å²) in [5.74, 6) is 0.463. The maximum atomic E-state index is 13.0. The normalized spacial score (nSPS) is 12.0. The van der Waals surface area contributed by atoms with Crippen LogP contribution >= 0.6 is 0 Å². The number of amides is 1. The number of carbonyl (C=O) groups excluding carboxylic acids is 1. The quantitative estimate of drug-likeness (QED) is 0.293. The third-order valence-corrected chi connectivity index (χ3v) is 6.56. The van der Waals surface area contributed by atoms with Crippen LogP contribution in [-0.2, 0) is 11.3 Å². The molecule has 39 heavy (non-hydrogen) atoms. The van der Waals surface area contributed by atoms with Gasteiger partial charge in [-0.2, -0.15) is 0 Å². The summed E-state index contributed by atoms with van der Waals surface area (Å²) in [5, 5.41) is 12.2. The zero-order chi connectivity index (χ0) is 28.6. The van der Waals surface area contributed by atoms with Gasteiger partial charge in [0.2, 0.25) is 5.91 Å². The first-order valence-corrected chi connectivity index (χ1v) is 13.3. The third kappa shape index (κ3) is 9.53. The summed E-state index contributed by atoms with van der Waals surface area (Å²) in [5.41, 5.74) is 1.73. The molecule has 3 aromatic rings. The summed E-state index contributed by atoms with van der Waals surface area (Å²) in [4.78, 5) is 28.8. The lowest BCUT2D eigenvalue weighted by atomic mass is 10.0. The Morgan fingerprint density at radius 2 is 1.28 bits per heavy atom. The van der Waals surface area contributed by atoms with E-state index in [2.05, 4.69) is 56.7 Å². The van der Waals surface area contributed by atoms with Crippen LogP contribution in [-0.4, -0.2) is 57.5 Å². The van der Waals surface area contributed by atoms with Crippen LogP contribution in [0.1, 0.15) is 57.5 Å². The van der Waals surface area contributed by atoms with Crippen molar-refractivity contribution in [3.8, 4) is 11.5 Å². The Hall–Kier alpha value is -3.68. The van der Waals surface area contributed by atoms with Gasteiger partial charge < -0.3 is 15.2 Å². The second-order valence-electron chi connectivity index (χ2n) is 11.7. The van der Waals surface area contributed by atoms with Gasteiger partial charge in [0.05, 0.1) is 12.1 Å². The summed E-state index contributed by atoms with van der Waals surface area (Å²) in [6.45, 7) is 15.2. The maximum absolute atomic E-state index is 13.0. The Bertz CT molecular complexity index is 1210. The molecule has 0 fully saturated rings. The van der Waals surface area contributed by atoms with E-state index in [0.717, 1.165) is 23.5 Å². The lowest BCUT2D eigenvalue weighted by molar-refractivity contribution is -0.118. The molecular weight excluding hydrogens is 490 g/mol. The van der Waals surface area contributed by atoms with Crippen molar-refractivity contribution in [3.63, 3.8) is 0 Å². The van der Waals surface area contributed by atoms with Gasteiger partial charge in [-0.25, -0.2) is 4.79 Å². The number of nitrogens with zero attached hydrogens (tertiary/aromatic N) is 2. The number of carboxylic acids is 1. The number of anilines is 1. The van der Waals surface area contributed by atoms with Crippen molar-refractivity contribution in [2.75, 3.05) is 25.0 Å². The molecule has 0 spiro atoms. The van der Waals surface area contributed by atoms with Crippen LogP contribution in [0, 0.1) is 0 Å². The summed E-state index contributed by atoms with van der Waals surface area (Å²) in [6.07, 6.45) is 0. The molecule has 1 amide bonds. The highest BCUT2D eigenvalue weighted by Gasteiger charge is 2.27. The molecule has 0 radical (unpaired) electrons. The summed E-state index contributed by atoms with van der Waals surface area (Å²) >= 11 is 0. The van der Waals surface area contributed by atoms with E-state index in [1.165, 1.54) is 0 Å². The third-order valence-electron chi connectivity index (χ3n) is 6.56. The second kappa shape index (κ2) is 12.9. The summed E-state index contributed by atoms with van der Waals surface area (Å²) < 4.78 is 5.84. The Morgan fingerprint density at radius 3 is 1.82 bits per heavy atom. The van der Waals surface area contributed by atoms with Crippen LogP contribution in [0.25, 0.3) is 0 Å². The van der Waals surface area contributed by atoms with Crippen molar-refractivity contribution in [1.82, 2.24) is 9.80 Å². The van der Waals surface area contributed by atoms with Gasteiger partial charge in [-0.1, -0.05) is 30.3 Å². The first-order valence-electron chi connectivity index (χ1n) is 13.3. The molecule has 0 heterocycles. The standard InChI is InChI=1S/C32H41N3O4/c1-31(2,3)34(22-24-12-14-25(15-13-24)30(37)38)20-21-35(32(4,5)6)23-29(36)33-26-16-18-28(19-17-26)39-27-10-8-7-9-11-27/h7-19H,20-23H2,1-6H3,(H,33,36)(H,37,38). The highest BCUT2D eigenvalue weighted by molar-refractivity contribution is 5.92. The minimum Gasteiger partial charge on any atom is -0.478 e. The van der Waals surface area contributed by atoms with Gasteiger partial charge in [0.15, 0.2) is 0 Å². The fraction of sp³-hybridized carbons (Fsp3) is 0.375. The number of ether oxygens (including phenoxy) is 1. The Labute approximate surface area is 232 Å². The Morgan fingerprint density at radius 1 is 0.744 bits per heavy atom. The highest BCUT2D eigenvalue weighted by atomic mass is 16.5. The van der Waals surface area contributed by atoms with E-state index in [9.17, 15) is 14.7 Å². The summed E-state index contributed by atoms with van der Waals surface area (Å²) in [7, 11) is 0. The van der Waals surface area contributed by atoms with Crippen LogP contribution < -0.4 is 10.1 Å². The van der Waals surface area contributed by atoms with Gasteiger partial charge in [-0.15, -0.1) is 0 Å². The first kappa shape index (κ1) is 29.9. The van der Waals surface area contributed by atoms with Crippen molar-refractivity contribution in [2.45, 2.75) is 59.2 Å². The molecule has 0 aliphatic heterocycles. The van der Waals surface area contributed by atoms with Crippen molar-refractivity contribution in [3.05, 3.63) is 90.0 Å². The van der Waals surface area contributed by atoms with Crippen LogP contribution in [0.5, 0.6) is 11.5 Å². The van der Waals surface area contributed by atoms with Crippen molar-refractivity contribution < 1.29 is 19.4 Å². The largest absolute Gasteiger partial charge is 0.478 e. The van der Waals surface area contributed by atoms with E-state index in [-0.39, 0.29) is 29.1 Å². The lowest BCUT2D eigenvalue weighted by Crippen LogP contribution is -2.51. The molecule has 0 unspecified atom stereocenters. The zero-order valence-electron chi connectivity index (χ0n) is 23.9. The number of para-hydroxylation sites is 1. The molecule has 0 bridgehead atoms. The molecule has 0 aliphatic carbocycles. The van der Waals surface area contributed by atoms with Crippen LogP contribution in [0.3, 0.4) is 0 Å². The van der Waals surface area contributed by atoms with Crippen molar-refractivity contribution in [1.29, 1.82) is 0 Å². The average molecular weight is 532 g/mol. The molecule has 3 aromatic carbocycles. The molecule has 3 rings (SSSR count). The summed E-state index contributed by atoms with van der Waals surface area (Å²) in [6, 6.07) is 24.0. The smallest absolute Gasteiger partial charge is 0.335 e. The van der Waals surface area contributed by atoms with Crippen LogP contribution in [0.15, 0.2) is 78.9 Å². The van der Waals surface area contributed by atoms with Crippen LogP contribution in [0.2, 0.25) is 0 Å². The topological polar surface area (TPSA) is 82.1 Å². The minimum atomic E-state index is -0.926. The van der Waals surface area contributed by atoms with E-state index in [1.54, 1.807) is 12.1 Å². The number of hydrogen-bond acceptors (Lipinski definition) is 5. The number of benzene rings is 3. The number of aromatic carboxylic acids is 1. The predicted octanol–water partition coefficient (Wildman–Crippen LogP) is 6.52. The van der Waals surface area contributed by atoms with Crippen molar-refractivity contribution >= 4 is 17.6 Å². The monoisotopic (exact) mass is 531 g/mol. The predicted molar refractivity (Wildman–Crippen MR) is 156 cm³/mol. The molecule has 0 aromatic heterocycles. The van der Waals surface area contributed by atoms with Gasteiger partial charge >= 0.3 is 5.97 Å². The van der Waals surface area contributed by atoms with Crippen molar-refractivity contribution in [2.24, 2.45) is 0 Å². The SMILES string of the molecule is CC(C)(C)N(CCN(Cc1ccc(C(=O)O)cc1)C(C)(C)C)CC(=O)Nc1ccc(Oc2ccccc2)cc1. The van der Waals surface area contributed by atoms with Gasteiger partial charge in [0.1, 0.15) is 11.5 Å². The van der Waals surface area contributed by atoms with E-state index in [4.69, 9.17) is 4.74 Å². The number of rotatable bonds is 11. The Kier molecular flexibility index (Phi) is 9.89. The lowest BCUT2D eigenvalue weighted by Gasteiger charge is -2.40. The molecular formula is C32H41N3O4. The average Bonchev–Trinajstić information content (AvgIpc) is 2.86. The molecule has 208 valence electrons. The number of carbonyl (C=O) groups is 2. The fourth-order valence-corrected chi connectivity index (χ4v) is 4.12. The molecule has 7 heteroatoms. The maximum Gasteiger partial charge on any atom is 0.335 e. The fourth-order valence-electron chi connectivity index (χ4n) is 4.12. The molecule has 0 saturated heterocycles.